The van der Waals surface area contributed by atoms with E-state index in [4.69, 9.17) is 10.00 Å². The van der Waals surface area contributed by atoms with Crippen LogP contribution in [-0.4, -0.2) is 66.9 Å². The molecule has 8 nitrogen and oxygen atoms in total. The van der Waals surface area contributed by atoms with Crippen LogP contribution in [-0.2, 0) is 9.84 Å². The number of aliphatic hydroxyl groups is 1. The third-order valence-electron chi connectivity index (χ3n) is 5.01. The minimum absolute atomic E-state index is 0.245. The number of fused-ring (bicyclic) bond motifs is 1. The zero-order valence-corrected chi connectivity index (χ0v) is 16.3. The molecule has 28 heavy (non-hydrogen) atoms. The van der Waals surface area contributed by atoms with Crippen molar-refractivity contribution in [3.8, 4) is 11.9 Å². The predicted octanol–water partition coefficient (Wildman–Crippen LogP) is 1.34. The van der Waals surface area contributed by atoms with Crippen LogP contribution in [0.4, 0.5) is 8.78 Å². The quantitative estimate of drug-likeness (QED) is 0.744. The lowest BCUT2D eigenvalue weighted by atomic mass is 9.85. The van der Waals surface area contributed by atoms with Crippen molar-refractivity contribution in [3.05, 3.63) is 23.8 Å². The zero-order valence-electron chi connectivity index (χ0n) is 15.5. The molecule has 152 valence electrons. The minimum Gasteiger partial charge on any atom is -0.485 e. The minimum atomic E-state index is -4.82. The van der Waals surface area contributed by atoms with Gasteiger partial charge in [-0.15, -0.1) is 4.99 Å². The summed E-state index contributed by atoms with van der Waals surface area (Å²) >= 11 is 0. The summed E-state index contributed by atoms with van der Waals surface area (Å²) in [5, 5.41) is 20.0. The van der Waals surface area contributed by atoms with Gasteiger partial charge in [-0.3, -0.25) is 0 Å². The van der Waals surface area contributed by atoms with Crippen molar-refractivity contribution in [2.45, 2.75) is 42.2 Å². The van der Waals surface area contributed by atoms with Crippen molar-refractivity contribution in [2.24, 2.45) is 4.99 Å². The van der Waals surface area contributed by atoms with Crippen LogP contribution in [0.3, 0.4) is 0 Å². The van der Waals surface area contributed by atoms with E-state index in [9.17, 15) is 22.3 Å². The van der Waals surface area contributed by atoms with Crippen LogP contribution < -0.4 is 4.74 Å². The maximum Gasteiger partial charge on any atom is 0.341 e. The van der Waals surface area contributed by atoms with Crippen LogP contribution in [0.15, 0.2) is 28.1 Å². The zero-order chi connectivity index (χ0) is 20.9. The Morgan fingerprint density at radius 3 is 2.68 bits per heavy atom. The van der Waals surface area contributed by atoms with Crippen LogP contribution in [0.2, 0.25) is 0 Å². The average molecular weight is 414 g/mol. The van der Waals surface area contributed by atoms with Gasteiger partial charge in [0.15, 0.2) is 0 Å². The van der Waals surface area contributed by atoms with Crippen molar-refractivity contribution in [2.75, 3.05) is 20.1 Å². The first-order chi connectivity index (χ1) is 13.0. The Labute approximate surface area is 161 Å². The van der Waals surface area contributed by atoms with E-state index in [0.29, 0.717) is 19.0 Å². The first-order valence-electron chi connectivity index (χ1n) is 8.48. The number of aliphatic hydroxyl groups excluding tert-OH is 1. The van der Waals surface area contributed by atoms with Gasteiger partial charge in [0.25, 0.3) is 0 Å². The van der Waals surface area contributed by atoms with E-state index >= 15 is 0 Å². The molecule has 2 heterocycles. The maximum absolute atomic E-state index is 13.0. The van der Waals surface area contributed by atoms with Gasteiger partial charge < -0.3 is 19.6 Å². The SMILES string of the molecule is CN1CCN([C@@H]2c3cc(S(=O)(=O)C(F)F)ccc3OC(C)(C)[C@H]2O)C1=NC#N. The van der Waals surface area contributed by atoms with Crippen LogP contribution in [0.1, 0.15) is 25.5 Å². The largest absolute Gasteiger partial charge is 0.485 e. The van der Waals surface area contributed by atoms with E-state index in [0.717, 1.165) is 12.1 Å². The normalized spacial score (nSPS) is 25.6. The summed E-state index contributed by atoms with van der Waals surface area (Å²) in [4.78, 5) is 6.62. The van der Waals surface area contributed by atoms with Crippen molar-refractivity contribution >= 4 is 15.8 Å². The van der Waals surface area contributed by atoms with Gasteiger partial charge in [0.05, 0.1) is 10.9 Å². The number of halogens is 2. The summed E-state index contributed by atoms with van der Waals surface area (Å²) in [5.74, 6) is -2.99. The molecule has 1 fully saturated rings. The number of alkyl halides is 2. The summed E-state index contributed by atoms with van der Waals surface area (Å²) in [5.41, 5.74) is -0.797. The molecule has 3 rings (SSSR count). The number of guanidine groups is 1. The van der Waals surface area contributed by atoms with Gasteiger partial charge in [0, 0.05) is 25.7 Å². The number of nitriles is 1. The van der Waals surface area contributed by atoms with Crippen LogP contribution in [0.5, 0.6) is 5.75 Å². The number of hydrogen-bond donors (Lipinski definition) is 1. The molecule has 1 saturated heterocycles. The number of likely N-dealkylation sites (N-methyl/N-ethyl adjacent to an activating group) is 1. The van der Waals surface area contributed by atoms with Crippen molar-refractivity contribution in [1.29, 1.82) is 5.26 Å². The molecule has 1 N–H and O–H groups in total. The number of hydrogen-bond acceptors (Lipinski definition) is 6. The van der Waals surface area contributed by atoms with Gasteiger partial charge in [-0.2, -0.15) is 14.0 Å². The fourth-order valence-electron chi connectivity index (χ4n) is 3.50. The fourth-order valence-corrected chi connectivity index (χ4v) is 4.25. The topological polar surface area (TPSA) is 106 Å². The lowest BCUT2D eigenvalue weighted by Gasteiger charge is -2.45. The molecule has 0 aliphatic carbocycles. The summed E-state index contributed by atoms with van der Waals surface area (Å²) in [7, 11) is -3.09. The van der Waals surface area contributed by atoms with E-state index in [-0.39, 0.29) is 11.3 Å². The highest BCUT2D eigenvalue weighted by molar-refractivity contribution is 7.91. The number of rotatable bonds is 3. The monoisotopic (exact) mass is 414 g/mol. The molecule has 2 aliphatic rings. The predicted molar refractivity (Wildman–Crippen MR) is 95.5 cm³/mol. The van der Waals surface area contributed by atoms with Gasteiger partial charge in [0.2, 0.25) is 22.0 Å². The highest BCUT2D eigenvalue weighted by Gasteiger charge is 2.48. The molecule has 2 aliphatic heterocycles. The molecule has 1 aromatic carbocycles. The lowest BCUT2D eigenvalue weighted by Crippen LogP contribution is -2.54. The molecule has 0 spiro atoms. The molecule has 0 unspecified atom stereocenters. The molecule has 0 radical (unpaired) electrons. The van der Waals surface area contributed by atoms with Crippen LogP contribution in [0, 0.1) is 11.5 Å². The second-order valence-electron chi connectivity index (χ2n) is 7.23. The Morgan fingerprint density at radius 1 is 1.39 bits per heavy atom. The summed E-state index contributed by atoms with van der Waals surface area (Å²) in [6.07, 6.45) is 0.577. The van der Waals surface area contributed by atoms with E-state index in [1.54, 1.807) is 36.9 Å². The Bertz CT molecular complexity index is 958. The number of benzene rings is 1. The Balaban J connectivity index is 2.18. The molecule has 0 bridgehead atoms. The first kappa shape index (κ1) is 20.3. The maximum atomic E-state index is 13.0. The third kappa shape index (κ3) is 3.16. The van der Waals surface area contributed by atoms with E-state index in [2.05, 4.69) is 4.99 Å². The summed E-state index contributed by atoms with van der Waals surface area (Å²) in [6.45, 7) is 4.26. The van der Waals surface area contributed by atoms with Gasteiger partial charge in [0.1, 0.15) is 17.5 Å². The van der Waals surface area contributed by atoms with Crippen molar-refractivity contribution in [1.82, 2.24) is 9.80 Å². The van der Waals surface area contributed by atoms with Crippen LogP contribution in [0.25, 0.3) is 0 Å². The van der Waals surface area contributed by atoms with E-state index in [1.165, 1.54) is 6.07 Å². The van der Waals surface area contributed by atoms with Crippen molar-refractivity contribution in [3.63, 3.8) is 0 Å². The third-order valence-corrected chi connectivity index (χ3v) is 6.39. The van der Waals surface area contributed by atoms with Gasteiger partial charge >= 0.3 is 5.76 Å². The molecule has 1 aromatic rings. The Hall–Kier alpha value is -2.45. The number of sulfone groups is 1. The number of ether oxygens (including phenoxy) is 1. The molecule has 0 saturated carbocycles. The van der Waals surface area contributed by atoms with E-state index < -0.39 is 38.2 Å². The Morgan fingerprint density at radius 2 is 2.07 bits per heavy atom. The van der Waals surface area contributed by atoms with Gasteiger partial charge in [-0.25, -0.2) is 8.42 Å². The molecule has 2 atom stereocenters. The lowest BCUT2D eigenvalue weighted by molar-refractivity contribution is -0.0802. The highest BCUT2D eigenvalue weighted by atomic mass is 32.2. The molecule has 0 aromatic heterocycles. The second kappa shape index (κ2) is 6.86. The smallest absolute Gasteiger partial charge is 0.341 e. The highest BCUT2D eigenvalue weighted by Crippen LogP contribution is 2.44. The first-order valence-corrected chi connectivity index (χ1v) is 10.0. The molecule has 11 heteroatoms. The molecular formula is C17H20F2N4O4S. The number of aliphatic imine (C=N–C) groups is 1. The molecule has 0 amide bonds. The molecular weight excluding hydrogens is 394 g/mol. The van der Waals surface area contributed by atoms with Gasteiger partial charge in [-0.05, 0) is 32.0 Å². The Kier molecular flexibility index (Phi) is 4.97. The fraction of sp³-hybridized carbons (Fsp3) is 0.529. The summed E-state index contributed by atoms with van der Waals surface area (Å²) in [6, 6.07) is 2.64. The second-order valence-corrected chi connectivity index (χ2v) is 9.15. The van der Waals surface area contributed by atoms with Gasteiger partial charge in [-0.1, -0.05) is 0 Å². The van der Waals surface area contributed by atoms with Crippen molar-refractivity contribution < 1.29 is 27.0 Å². The standard InChI is InChI=1S/C17H20F2N4O4S/c1-17(2)14(24)13(23-7-6-22(3)16(23)21-9-20)11-8-10(4-5-12(11)27-17)28(25,26)15(18)19/h4-5,8,13-15,24H,6-7H2,1-3H3/t13-,14+/m1/s1. The van der Waals surface area contributed by atoms with E-state index in [1.807, 2.05) is 0 Å². The number of nitrogens with zero attached hydrogens (tertiary/aromatic N) is 4. The average Bonchev–Trinajstić information content (AvgIpc) is 2.96. The van der Waals surface area contributed by atoms with Crippen LogP contribution >= 0.6 is 0 Å². The summed E-state index contributed by atoms with van der Waals surface area (Å²) < 4.78 is 55.7.